The minimum atomic E-state index is 0.624. The van der Waals surface area contributed by atoms with Gasteiger partial charge in [-0.2, -0.15) is 0 Å². The minimum absolute atomic E-state index is 0.624. The molecular formula is C13H21ClN2. The molecule has 0 bridgehead atoms. The first kappa shape index (κ1) is 13.3. The molecule has 90 valence electrons. The highest BCUT2D eigenvalue weighted by Crippen LogP contribution is 2.19. The molecule has 1 atom stereocenters. The van der Waals surface area contributed by atoms with Gasteiger partial charge in [0.15, 0.2) is 0 Å². The molecule has 0 fully saturated rings. The molecule has 16 heavy (non-hydrogen) atoms. The van der Waals surface area contributed by atoms with Crippen LogP contribution in [0.4, 0.5) is 5.69 Å². The third kappa shape index (κ3) is 4.03. The maximum absolute atomic E-state index is 5.86. The van der Waals surface area contributed by atoms with Gasteiger partial charge in [-0.3, -0.25) is 0 Å². The maximum Gasteiger partial charge on any atom is 0.0635 e. The van der Waals surface area contributed by atoms with Crippen molar-refractivity contribution in [2.75, 3.05) is 12.3 Å². The van der Waals surface area contributed by atoms with E-state index in [4.69, 9.17) is 17.3 Å². The number of nitrogens with two attached hydrogens (primary N) is 1. The van der Waals surface area contributed by atoms with Gasteiger partial charge in [-0.1, -0.05) is 38.4 Å². The lowest BCUT2D eigenvalue weighted by atomic mass is 9.98. The highest BCUT2D eigenvalue weighted by Gasteiger charge is 2.06. The van der Waals surface area contributed by atoms with Crippen LogP contribution in [0.1, 0.15) is 26.3 Å². The number of anilines is 1. The number of hydrogen-bond acceptors (Lipinski definition) is 2. The Hall–Kier alpha value is -0.730. The molecule has 1 aromatic rings. The second-order valence-electron chi connectivity index (χ2n) is 4.71. The Morgan fingerprint density at radius 1 is 1.31 bits per heavy atom. The molecule has 0 heterocycles. The summed E-state index contributed by atoms with van der Waals surface area (Å²) in [5.74, 6) is 1.40. The van der Waals surface area contributed by atoms with E-state index in [1.165, 1.54) is 5.56 Å². The van der Waals surface area contributed by atoms with Crippen LogP contribution in [0.15, 0.2) is 18.2 Å². The fourth-order valence-electron chi connectivity index (χ4n) is 1.38. The predicted octanol–water partition coefficient (Wildman–Crippen LogP) is 3.30. The maximum atomic E-state index is 5.86. The van der Waals surface area contributed by atoms with Crippen molar-refractivity contribution in [2.24, 2.45) is 11.8 Å². The smallest absolute Gasteiger partial charge is 0.0635 e. The van der Waals surface area contributed by atoms with Crippen LogP contribution in [-0.4, -0.2) is 6.54 Å². The fraction of sp³-hybridized carbons (Fsp3) is 0.538. The number of halogens is 1. The molecule has 0 saturated heterocycles. The number of benzene rings is 1. The van der Waals surface area contributed by atoms with E-state index in [0.29, 0.717) is 22.5 Å². The summed E-state index contributed by atoms with van der Waals surface area (Å²) in [5, 5.41) is 4.06. The quantitative estimate of drug-likeness (QED) is 0.775. The average Bonchev–Trinajstić information content (AvgIpc) is 2.23. The zero-order valence-electron chi connectivity index (χ0n) is 10.3. The van der Waals surface area contributed by atoms with Crippen LogP contribution < -0.4 is 11.1 Å². The summed E-state index contributed by atoms with van der Waals surface area (Å²) >= 11 is 5.86. The molecular weight excluding hydrogens is 220 g/mol. The van der Waals surface area contributed by atoms with Crippen molar-refractivity contribution in [1.29, 1.82) is 0 Å². The largest absolute Gasteiger partial charge is 0.398 e. The van der Waals surface area contributed by atoms with Crippen LogP contribution in [0.2, 0.25) is 5.02 Å². The number of rotatable bonds is 5. The molecule has 0 saturated carbocycles. The highest BCUT2D eigenvalue weighted by molar-refractivity contribution is 6.33. The van der Waals surface area contributed by atoms with Gasteiger partial charge in [0.05, 0.1) is 10.7 Å². The van der Waals surface area contributed by atoms with E-state index < -0.39 is 0 Å². The van der Waals surface area contributed by atoms with Crippen LogP contribution in [0.5, 0.6) is 0 Å². The molecule has 2 nitrogen and oxygen atoms in total. The van der Waals surface area contributed by atoms with Gasteiger partial charge < -0.3 is 11.1 Å². The molecule has 3 heteroatoms. The Bertz CT molecular complexity index is 337. The Morgan fingerprint density at radius 2 is 2.00 bits per heavy atom. The molecule has 0 radical (unpaired) electrons. The third-order valence-electron chi connectivity index (χ3n) is 2.99. The van der Waals surface area contributed by atoms with Crippen molar-refractivity contribution < 1.29 is 0 Å². The van der Waals surface area contributed by atoms with Gasteiger partial charge in [-0.15, -0.1) is 0 Å². The van der Waals surface area contributed by atoms with Gasteiger partial charge in [-0.25, -0.2) is 0 Å². The molecule has 0 aliphatic rings. The second kappa shape index (κ2) is 6.12. The summed E-state index contributed by atoms with van der Waals surface area (Å²) in [6.45, 7) is 8.62. The molecule has 1 aromatic carbocycles. The normalized spacial score (nSPS) is 13.1. The lowest BCUT2D eigenvalue weighted by Gasteiger charge is -2.16. The van der Waals surface area contributed by atoms with E-state index in [1.54, 1.807) is 0 Å². The summed E-state index contributed by atoms with van der Waals surface area (Å²) < 4.78 is 0. The standard InChI is InChI=1S/C13H21ClN2/c1-9(2)10(3)7-16-8-11-4-5-12(14)13(15)6-11/h4-6,9-10,16H,7-8,15H2,1-3H3. The van der Waals surface area contributed by atoms with Crippen LogP contribution in [0.25, 0.3) is 0 Å². The van der Waals surface area contributed by atoms with E-state index in [1.807, 2.05) is 18.2 Å². The zero-order chi connectivity index (χ0) is 12.1. The van der Waals surface area contributed by atoms with Gasteiger partial charge in [0.25, 0.3) is 0 Å². The molecule has 0 aliphatic carbocycles. The van der Waals surface area contributed by atoms with E-state index >= 15 is 0 Å². The molecule has 0 aliphatic heterocycles. The van der Waals surface area contributed by atoms with Gasteiger partial charge in [0, 0.05) is 6.54 Å². The SMILES string of the molecule is CC(C)C(C)CNCc1ccc(Cl)c(N)c1. The van der Waals surface area contributed by atoms with Crippen molar-refractivity contribution in [3.05, 3.63) is 28.8 Å². The molecule has 1 unspecified atom stereocenters. The van der Waals surface area contributed by atoms with Crippen LogP contribution in [0.3, 0.4) is 0 Å². The first-order valence-electron chi connectivity index (χ1n) is 5.75. The summed E-state index contributed by atoms with van der Waals surface area (Å²) in [6.07, 6.45) is 0. The fourth-order valence-corrected chi connectivity index (χ4v) is 1.50. The lowest BCUT2D eigenvalue weighted by molar-refractivity contribution is 0.392. The Kier molecular flexibility index (Phi) is 5.10. The first-order chi connectivity index (χ1) is 7.50. The topological polar surface area (TPSA) is 38.0 Å². The summed E-state index contributed by atoms with van der Waals surface area (Å²) in [7, 11) is 0. The van der Waals surface area contributed by atoms with Crippen LogP contribution in [-0.2, 0) is 6.54 Å². The Labute approximate surface area is 103 Å². The minimum Gasteiger partial charge on any atom is -0.398 e. The van der Waals surface area contributed by atoms with Crippen molar-refractivity contribution in [1.82, 2.24) is 5.32 Å². The molecule has 1 rings (SSSR count). The number of nitrogens with one attached hydrogen (secondary N) is 1. The van der Waals surface area contributed by atoms with E-state index in [-0.39, 0.29) is 0 Å². The van der Waals surface area contributed by atoms with Gasteiger partial charge >= 0.3 is 0 Å². The molecule has 0 spiro atoms. The van der Waals surface area contributed by atoms with E-state index in [0.717, 1.165) is 13.1 Å². The van der Waals surface area contributed by atoms with Crippen LogP contribution >= 0.6 is 11.6 Å². The lowest BCUT2D eigenvalue weighted by Crippen LogP contribution is -2.23. The van der Waals surface area contributed by atoms with Crippen LogP contribution in [0, 0.1) is 11.8 Å². The summed E-state index contributed by atoms with van der Waals surface area (Å²) in [6, 6.07) is 5.78. The molecule has 0 aromatic heterocycles. The Morgan fingerprint density at radius 3 is 2.56 bits per heavy atom. The summed E-state index contributed by atoms with van der Waals surface area (Å²) in [5.41, 5.74) is 7.57. The number of nitrogen functional groups attached to an aromatic ring is 1. The van der Waals surface area contributed by atoms with E-state index in [2.05, 4.69) is 26.1 Å². The predicted molar refractivity (Wildman–Crippen MR) is 71.6 cm³/mol. The molecule has 0 amide bonds. The van der Waals surface area contributed by atoms with Crippen molar-refractivity contribution in [2.45, 2.75) is 27.3 Å². The Balaban J connectivity index is 2.40. The van der Waals surface area contributed by atoms with Gasteiger partial charge in [0.1, 0.15) is 0 Å². The third-order valence-corrected chi connectivity index (χ3v) is 3.34. The second-order valence-corrected chi connectivity index (χ2v) is 5.12. The molecule has 3 N–H and O–H groups in total. The van der Waals surface area contributed by atoms with E-state index in [9.17, 15) is 0 Å². The van der Waals surface area contributed by atoms with Gasteiger partial charge in [-0.05, 0) is 36.1 Å². The summed E-state index contributed by atoms with van der Waals surface area (Å²) in [4.78, 5) is 0. The van der Waals surface area contributed by atoms with Crippen molar-refractivity contribution in [3.63, 3.8) is 0 Å². The average molecular weight is 241 g/mol. The van der Waals surface area contributed by atoms with Crippen molar-refractivity contribution >= 4 is 17.3 Å². The number of hydrogen-bond donors (Lipinski definition) is 2. The zero-order valence-corrected chi connectivity index (χ0v) is 11.0. The highest BCUT2D eigenvalue weighted by atomic mass is 35.5. The first-order valence-corrected chi connectivity index (χ1v) is 6.13. The van der Waals surface area contributed by atoms with Crippen molar-refractivity contribution in [3.8, 4) is 0 Å². The monoisotopic (exact) mass is 240 g/mol. The van der Waals surface area contributed by atoms with Gasteiger partial charge in [0.2, 0.25) is 0 Å².